The Morgan fingerprint density at radius 1 is 0.818 bits per heavy atom. The quantitative estimate of drug-likeness (QED) is 0.352. The Labute approximate surface area is 125 Å². The summed E-state index contributed by atoms with van der Waals surface area (Å²) < 4.78 is 8.88. The summed E-state index contributed by atoms with van der Waals surface area (Å²) in [6.07, 6.45) is 0.500. The van der Waals surface area contributed by atoms with E-state index in [4.69, 9.17) is 39.7 Å². The summed E-state index contributed by atoms with van der Waals surface area (Å²) in [6, 6.07) is 5.02. The predicted molar refractivity (Wildman–Crippen MR) is 73.4 cm³/mol. The molecule has 11 heteroatoms. The number of aliphatic hydroxyl groups is 2. The molecule has 0 aliphatic heterocycles. The number of aromatic carboxylic acids is 2. The summed E-state index contributed by atoms with van der Waals surface area (Å²) in [6.45, 7) is 0.188. The number of carboxylic acid groups (broad SMARTS) is 2. The lowest BCUT2D eigenvalue weighted by Crippen LogP contribution is -1.99. The molecule has 0 aliphatic carbocycles. The number of carboxylic acids is 2. The third-order valence-corrected chi connectivity index (χ3v) is 1.70. The maximum absolute atomic E-state index is 10.3. The first-order chi connectivity index (χ1) is 10.0. The van der Waals surface area contributed by atoms with Crippen molar-refractivity contribution in [1.82, 2.24) is 0 Å². The van der Waals surface area contributed by atoms with E-state index in [9.17, 15) is 9.59 Å². The molecule has 1 rings (SSSR count). The molecule has 0 atom stereocenters. The van der Waals surface area contributed by atoms with Crippen LogP contribution in [0.1, 0.15) is 27.1 Å². The number of rotatable bonds is 4. The maximum atomic E-state index is 10.3. The van der Waals surface area contributed by atoms with Gasteiger partial charge in [-0.05, 0) is 30.7 Å². The second kappa shape index (κ2) is 11.8. The molecule has 22 heavy (non-hydrogen) atoms. The molecular weight excluding hydrogens is 323 g/mol. The fraction of sp³-hybridized carbons (Fsp3) is 0.273. The van der Waals surface area contributed by atoms with E-state index in [-0.39, 0.29) is 24.3 Å². The zero-order chi connectivity index (χ0) is 17.8. The minimum Gasteiger partial charge on any atom is -0.478 e. The number of phosphoric acid groups is 1. The number of carbonyl (C=O) groups is 2. The monoisotopic (exact) mass is 340 g/mol. The van der Waals surface area contributed by atoms with Crippen molar-refractivity contribution >= 4 is 19.8 Å². The van der Waals surface area contributed by atoms with E-state index in [2.05, 4.69) is 0 Å². The molecule has 0 amide bonds. The third kappa shape index (κ3) is 16.2. The average molecular weight is 340 g/mol. The lowest BCUT2D eigenvalue weighted by molar-refractivity contribution is 0.0681. The Hall–Kier alpha value is -1.81. The van der Waals surface area contributed by atoms with Gasteiger partial charge in [0.1, 0.15) is 0 Å². The maximum Gasteiger partial charge on any atom is 0.466 e. The molecule has 0 unspecified atom stereocenters. The largest absolute Gasteiger partial charge is 0.478 e. The molecule has 0 heterocycles. The normalized spacial score (nSPS) is 9.68. The van der Waals surface area contributed by atoms with Gasteiger partial charge in [0.05, 0.1) is 11.1 Å². The molecule has 0 radical (unpaired) electrons. The highest BCUT2D eigenvalue weighted by atomic mass is 31.2. The highest BCUT2D eigenvalue weighted by Gasteiger charge is 2.04. The van der Waals surface area contributed by atoms with E-state index < -0.39 is 19.8 Å². The first kappa shape index (κ1) is 22.5. The molecule has 126 valence electrons. The van der Waals surface area contributed by atoms with Gasteiger partial charge in [0.2, 0.25) is 0 Å². The van der Waals surface area contributed by atoms with E-state index in [0.29, 0.717) is 6.42 Å². The second-order valence-electron chi connectivity index (χ2n) is 3.50. The highest BCUT2D eigenvalue weighted by Crippen LogP contribution is 2.25. The summed E-state index contributed by atoms with van der Waals surface area (Å²) in [5, 5.41) is 32.7. The minimum atomic E-state index is -4.64. The van der Waals surface area contributed by atoms with Gasteiger partial charge in [-0.1, -0.05) is 0 Å². The Balaban J connectivity index is 0. The molecular formula is C11H17O10P. The van der Waals surface area contributed by atoms with Crippen LogP contribution in [0.25, 0.3) is 0 Å². The fourth-order valence-electron chi connectivity index (χ4n) is 0.826. The zero-order valence-electron chi connectivity index (χ0n) is 11.2. The second-order valence-corrected chi connectivity index (χ2v) is 4.53. The van der Waals surface area contributed by atoms with Crippen LogP contribution in [-0.4, -0.2) is 60.3 Å². The molecule has 0 fully saturated rings. The number of hydrogen-bond acceptors (Lipinski definition) is 5. The number of benzene rings is 1. The number of aliphatic hydroxyl groups excluding tert-OH is 2. The van der Waals surface area contributed by atoms with Gasteiger partial charge in [-0.2, -0.15) is 0 Å². The lowest BCUT2D eigenvalue weighted by atomic mass is 10.1. The molecule has 10 nitrogen and oxygen atoms in total. The predicted octanol–water partition coefficient (Wildman–Crippen LogP) is -0.485. The Morgan fingerprint density at radius 3 is 1.14 bits per heavy atom. The number of hydrogen-bond donors (Lipinski definition) is 7. The molecule has 7 N–H and O–H groups in total. The summed E-state index contributed by atoms with van der Waals surface area (Å²) >= 11 is 0. The third-order valence-electron chi connectivity index (χ3n) is 1.70. The molecule has 0 aromatic heterocycles. The van der Waals surface area contributed by atoms with Crippen LogP contribution in [0, 0.1) is 0 Å². The smallest absolute Gasteiger partial charge is 0.466 e. The molecule has 1 aromatic carbocycles. The Morgan fingerprint density at radius 2 is 1.05 bits per heavy atom. The average Bonchev–Trinajstić information content (AvgIpc) is 2.38. The van der Waals surface area contributed by atoms with Crippen LogP contribution in [-0.2, 0) is 4.57 Å². The van der Waals surface area contributed by atoms with Crippen molar-refractivity contribution in [3.8, 4) is 0 Å². The fourth-order valence-corrected chi connectivity index (χ4v) is 0.826. The molecule has 0 aliphatic rings. The molecule has 0 spiro atoms. The van der Waals surface area contributed by atoms with Crippen LogP contribution in [0.4, 0.5) is 0 Å². The van der Waals surface area contributed by atoms with E-state index in [1.54, 1.807) is 0 Å². The first-order valence-corrected chi connectivity index (χ1v) is 7.16. The van der Waals surface area contributed by atoms with Gasteiger partial charge in [-0.3, -0.25) is 0 Å². The lowest BCUT2D eigenvalue weighted by Gasteiger charge is -1.94. The van der Waals surface area contributed by atoms with Crippen LogP contribution in [0.5, 0.6) is 0 Å². The summed E-state index contributed by atoms with van der Waals surface area (Å²) in [5.74, 6) is -2.13. The summed E-state index contributed by atoms with van der Waals surface area (Å²) in [4.78, 5) is 42.2. The molecule has 0 saturated carbocycles. The minimum absolute atomic E-state index is 0.0833. The van der Waals surface area contributed by atoms with E-state index in [0.717, 1.165) is 0 Å². The van der Waals surface area contributed by atoms with Crippen LogP contribution >= 0.6 is 7.82 Å². The van der Waals surface area contributed by atoms with E-state index >= 15 is 0 Å². The van der Waals surface area contributed by atoms with E-state index in [1.807, 2.05) is 0 Å². The molecule has 1 aromatic rings. The summed E-state index contributed by atoms with van der Waals surface area (Å²) in [7, 11) is -4.64. The van der Waals surface area contributed by atoms with Gasteiger partial charge in [0.15, 0.2) is 0 Å². The Kier molecular flexibility index (Phi) is 12.1. The zero-order valence-corrected chi connectivity index (χ0v) is 12.1. The van der Waals surface area contributed by atoms with Crippen molar-refractivity contribution < 1.29 is 49.3 Å². The molecule has 0 bridgehead atoms. The van der Waals surface area contributed by atoms with Crippen molar-refractivity contribution in [2.75, 3.05) is 13.2 Å². The molecule has 0 saturated heterocycles. The Bertz CT molecular complexity index is 449. The van der Waals surface area contributed by atoms with Gasteiger partial charge in [-0.15, -0.1) is 0 Å². The van der Waals surface area contributed by atoms with Gasteiger partial charge < -0.3 is 35.1 Å². The van der Waals surface area contributed by atoms with Crippen LogP contribution in [0.15, 0.2) is 24.3 Å². The van der Waals surface area contributed by atoms with Crippen molar-refractivity contribution in [3.05, 3.63) is 35.4 Å². The van der Waals surface area contributed by atoms with Crippen molar-refractivity contribution in [2.45, 2.75) is 6.42 Å². The van der Waals surface area contributed by atoms with Gasteiger partial charge in [0, 0.05) is 13.2 Å². The van der Waals surface area contributed by atoms with Crippen LogP contribution < -0.4 is 0 Å². The van der Waals surface area contributed by atoms with Crippen LogP contribution in [0.2, 0.25) is 0 Å². The van der Waals surface area contributed by atoms with Gasteiger partial charge in [0.25, 0.3) is 0 Å². The van der Waals surface area contributed by atoms with Crippen molar-refractivity contribution in [3.63, 3.8) is 0 Å². The van der Waals surface area contributed by atoms with Gasteiger partial charge in [-0.25, -0.2) is 14.2 Å². The van der Waals surface area contributed by atoms with Crippen molar-refractivity contribution in [1.29, 1.82) is 0 Å². The van der Waals surface area contributed by atoms with E-state index in [1.165, 1.54) is 24.3 Å². The van der Waals surface area contributed by atoms with Crippen molar-refractivity contribution in [2.24, 2.45) is 0 Å². The standard InChI is InChI=1S/C8H6O4.C3H8O2.H3O4P/c9-7(10)5-1-2-6(4-3-5)8(11)12;4-2-1-3-5;1-5(2,3)4/h1-4H,(H,9,10)(H,11,12);4-5H,1-3H2;(H3,1,2,3,4). The van der Waals surface area contributed by atoms with Gasteiger partial charge >= 0.3 is 19.8 Å². The first-order valence-electron chi connectivity index (χ1n) is 5.59. The van der Waals surface area contributed by atoms with Crippen LogP contribution in [0.3, 0.4) is 0 Å². The topological polar surface area (TPSA) is 193 Å². The summed E-state index contributed by atoms with van der Waals surface area (Å²) in [5.41, 5.74) is 0.167. The highest BCUT2D eigenvalue weighted by molar-refractivity contribution is 7.45. The SMILES string of the molecule is O=C(O)c1ccc(C(=O)O)cc1.O=P(O)(O)O.OCCCO.